The molecule has 1 aliphatic rings. The van der Waals surface area contributed by atoms with Crippen molar-refractivity contribution in [1.82, 2.24) is 10.3 Å². The van der Waals surface area contributed by atoms with Crippen molar-refractivity contribution in [3.05, 3.63) is 41.0 Å². The Labute approximate surface area is 118 Å². The smallest absolute Gasteiger partial charge is 0.0801 e. The van der Waals surface area contributed by atoms with E-state index in [-0.39, 0.29) is 0 Å². The molecule has 2 nitrogen and oxygen atoms in total. The first-order chi connectivity index (χ1) is 9.33. The van der Waals surface area contributed by atoms with Gasteiger partial charge in [0.25, 0.3) is 0 Å². The van der Waals surface area contributed by atoms with Crippen LogP contribution in [0.25, 0.3) is 10.4 Å². The van der Waals surface area contributed by atoms with Gasteiger partial charge in [-0.3, -0.25) is 0 Å². The van der Waals surface area contributed by atoms with Gasteiger partial charge in [0.15, 0.2) is 0 Å². The lowest BCUT2D eigenvalue weighted by molar-refractivity contribution is 0.524. The molecular formula is C16H20N2S. The van der Waals surface area contributed by atoms with E-state index in [2.05, 4.69) is 41.5 Å². The number of benzene rings is 1. The van der Waals surface area contributed by atoms with E-state index < -0.39 is 0 Å². The Morgan fingerprint density at radius 3 is 2.58 bits per heavy atom. The summed E-state index contributed by atoms with van der Waals surface area (Å²) in [4.78, 5) is 5.60. The standard InChI is InChI=1S/C16H20N2S/c1-12-16(19-11-18-12)14-8-6-13(7-9-14)10-17-15-4-2-3-5-15/h6-9,11,15,17H,2-5,10H2,1H3. The number of hydrogen-bond donors (Lipinski definition) is 1. The Morgan fingerprint density at radius 1 is 1.21 bits per heavy atom. The molecule has 0 radical (unpaired) electrons. The highest BCUT2D eigenvalue weighted by molar-refractivity contribution is 7.13. The normalized spacial score (nSPS) is 16.1. The average molecular weight is 272 g/mol. The first-order valence-corrected chi connectivity index (χ1v) is 7.93. The van der Waals surface area contributed by atoms with E-state index >= 15 is 0 Å². The largest absolute Gasteiger partial charge is 0.310 e. The van der Waals surface area contributed by atoms with Crippen molar-refractivity contribution in [3.63, 3.8) is 0 Å². The molecule has 2 aromatic rings. The number of rotatable bonds is 4. The lowest BCUT2D eigenvalue weighted by Crippen LogP contribution is -2.25. The highest BCUT2D eigenvalue weighted by atomic mass is 32.1. The van der Waals surface area contributed by atoms with E-state index in [4.69, 9.17) is 0 Å². The molecule has 1 aromatic heterocycles. The third-order valence-corrected chi connectivity index (χ3v) is 4.89. The Kier molecular flexibility index (Phi) is 3.95. The number of nitrogens with one attached hydrogen (secondary N) is 1. The Hall–Kier alpha value is -1.19. The highest BCUT2D eigenvalue weighted by Gasteiger charge is 2.13. The monoisotopic (exact) mass is 272 g/mol. The topological polar surface area (TPSA) is 24.9 Å². The molecule has 0 aliphatic heterocycles. The SMILES string of the molecule is Cc1ncsc1-c1ccc(CNC2CCCC2)cc1. The molecule has 0 spiro atoms. The van der Waals surface area contributed by atoms with Gasteiger partial charge < -0.3 is 5.32 Å². The second-order valence-electron chi connectivity index (χ2n) is 5.33. The first kappa shape index (κ1) is 12.8. The van der Waals surface area contributed by atoms with Crippen molar-refractivity contribution >= 4 is 11.3 Å². The molecule has 0 bridgehead atoms. The van der Waals surface area contributed by atoms with Crippen molar-refractivity contribution in [2.24, 2.45) is 0 Å². The van der Waals surface area contributed by atoms with Crippen LogP contribution >= 0.6 is 11.3 Å². The summed E-state index contributed by atoms with van der Waals surface area (Å²) >= 11 is 1.72. The van der Waals surface area contributed by atoms with Gasteiger partial charge in [0.05, 0.1) is 16.1 Å². The van der Waals surface area contributed by atoms with Gasteiger partial charge in [-0.15, -0.1) is 11.3 Å². The molecule has 3 heteroatoms. The Morgan fingerprint density at radius 2 is 1.95 bits per heavy atom. The average Bonchev–Trinajstić information content (AvgIpc) is 3.08. The fourth-order valence-corrected chi connectivity index (χ4v) is 3.56. The molecule has 100 valence electrons. The highest BCUT2D eigenvalue weighted by Crippen LogP contribution is 2.27. The quantitative estimate of drug-likeness (QED) is 0.904. The van der Waals surface area contributed by atoms with Crippen LogP contribution in [0.1, 0.15) is 36.9 Å². The van der Waals surface area contributed by atoms with Crippen LogP contribution in [0.4, 0.5) is 0 Å². The van der Waals surface area contributed by atoms with Crippen LogP contribution in [0, 0.1) is 6.92 Å². The van der Waals surface area contributed by atoms with Crippen molar-refractivity contribution < 1.29 is 0 Å². The van der Waals surface area contributed by atoms with Crippen LogP contribution < -0.4 is 5.32 Å². The Bertz CT molecular complexity index is 524. The Balaban J connectivity index is 1.64. The minimum Gasteiger partial charge on any atom is -0.310 e. The zero-order chi connectivity index (χ0) is 13.1. The van der Waals surface area contributed by atoms with Gasteiger partial charge in [-0.05, 0) is 30.9 Å². The lowest BCUT2D eigenvalue weighted by atomic mass is 10.1. The number of aromatic nitrogens is 1. The zero-order valence-electron chi connectivity index (χ0n) is 11.4. The fraction of sp³-hybridized carbons (Fsp3) is 0.438. The van der Waals surface area contributed by atoms with Crippen LogP contribution in [0.2, 0.25) is 0 Å². The van der Waals surface area contributed by atoms with Crippen molar-refractivity contribution in [2.75, 3.05) is 0 Å². The van der Waals surface area contributed by atoms with Crippen LogP contribution in [-0.2, 0) is 6.54 Å². The van der Waals surface area contributed by atoms with Gasteiger partial charge in [-0.2, -0.15) is 0 Å². The van der Waals surface area contributed by atoms with Gasteiger partial charge in [0.1, 0.15) is 0 Å². The van der Waals surface area contributed by atoms with Gasteiger partial charge >= 0.3 is 0 Å². The van der Waals surface area contributed by atoms with Crippen LogP contribution in [0.5, 0.6) is 0 Å². The molecule has 1 saturated carbocycles. The predicted octanol–water partition coefficient (Wildman–Crippen LogP) is 4.15. The van der Waals surface area contributed by atoms with Crippen LogP contribution in [-0.4, -0.2) is 11.0 Å². The molecule has 0 atom stereocenters. The zero-order valence-corrected chi connectivity index (χ0v) is 12.2. The van der Waals surface area contributed by atoms with E-state index in [1.807, 2.05) is 5.51 Å². The second kappa shape index (κ2) is 5.85. The van der Waals surface area contributed by atoms with E-state index in [1.165, 1.54) is 41.7 Å². The molecule has 1 fully saturated rings. The molecule has 1 aromatic carbocycles. The molecule has 19 heavy (non-hydrogen) atoms. The second-order valence-corrected chi connectivity index (χ2v) is 6.18. The number of nitrogens with zero attached hydrogens (tertiary/aromatic N) is 1. The molecule has 3 rings (SSSR count). The van der Waals surface area contributed by atoms with Crippen molar-refractivity contribution in [3.8, 4) is 10.4 Å². The predicted molar refractivity (Wildman–Crippen MR) is 81.4 cm³/mol. The molecule has 0 unspecified atom stereocenters. The molecule has 1 aliphatic carbocycles. The molecule has 1 heterocycles. The van der Waals surface area contributed by atoms with E-state index in [0.29, 0.717) is 0 Å². The third kappa shape index (κ3) is 3.04. The summed E-state index contributed by atoms with van der Waals surface area (Å²) in [5.41, 5.74) is 5.70. The number of thiazole rings is 1. The maximum absolute atomic E-state index is 4.31. The van der Waals surface area contributed by atoms with E-state index in [9.17, 15) is 0 Å². The summed E-state index contributed by atoms with van der Waals surface area (Å²) in [5.74, 6) is 0. The minimum absolute atomic E-state index is 0.739. The summed E-state index contributed by atoms with van der Waals surface area (Å²) < 4.78 is 0. The maximum Gasteiger partial charge on any atom is 0.0801 e. The lowest BCUT2D eigenvalue weighted by Gasteiger charge is -2.11. The summed E-state index contributed by atoms with van der Waals surface area (Å²) in [6, 6.07) is 9.63. The van der Waals surface area contributed by atoms with E-state index in [1.54, 1.807) is 11.3 Å². The molecule has 0 saturated heterocycles. The summed E-state index contributed by atoms with van der Waals surface area (Å²) in [5, 5.41) is 3.65. The summed E-state index contributed by atoms with van der Waals surface area (Å²) in [7, 11) is 0. The van der Waals surface area contributed by atoms with Gasteiger partial charge in [0, 0.05) is 12.6 Å². The van der Waals surface area contributed by atoms with Crippen molar-refractivity contribution in [2.45, 2.75) is 45.2 Å². The number of aryl methyl sites for hydroxylation is 1. The fourth-order valence-electron chi connectivity index (χ4n) is 2.75. The minimum atomic E-state index is 0.739. The van der Waals surface area contributed by atoms with Gasteiger partial charge in [-0.1, -0.05) is 37.1 Å². The molecule has 0 amide bonds. The summed E-state index contributed by atoms with van der Waals surface area (Å²) in [6.45, 7) is 3.06. The number of hydrogen-bond acceptors (Lipinski definition) is 3. The van der Waals surface area contributed by atoms with E-state index in [0.717, 1.165) is 18.3 Å². The van der Waals surface area contributed by atoms with Crippen LogP contribution in [0.3, 0.4) is 0 Å². The molecule has 1 N–H and O–H groups in total. The summed E-state index contributed by atoms with van der Waals surface area (Å²) in [6.07, 6.45) is 5.47. The van der Waals surface area contributed by atoms with Gasteiger partial charge in [-0.25, -0.2) is 4.98 Å². The maximum atomic E-state index is 4.31. The van der Waals surface area contributed by atoms with Gasteiger partial charge in [0.2, 0.25) is 0 Å². The third-order valence-electron chi connectivity index (χ3n) is 3.91. The van der Waals surface area contributed by atoms with Crippen molar-refractivity contribution in [1.29, 1.82) is 0 Å². The van der Waals surface area contributed by atoms with Crippen LogP contribution in [0.15, 0.2) is 29.8 Å². The molecular weight excluding hydrogens is 252 g/mol. The first-order valence-electron chi connectivity index (χ1n) is 7.06.